The molecule has 0 aliphatic rings. The second-order valence-corrected chi connectivity index (χ2v) is 10.0. The van der Waals surface area contributed by atoms with Gasteiger partial charge in [0.1, 0.15) is 0 Å². The van der Waals surface area contributed by atoms with Crippen LogP contribution in [0.1, 0.15) is 47.2 Å². The molecule has 4 nitrogen and oxygen atoms in total. The number of aliphatic hydroxyl groups excluding tert-OH is 1. The Labute approximate surface area is 238 Å². The largest absolute Gasteiger partial charge is 0.512 e. The number of hydrogen-bond acceptors (Lipinski definition) is 4. The fraction of sp³-hybridized carbons (Fsp3) is 0.242. The Bertz CT molecular complexity index is 1710. The zero-order valence-corrected chi connectivity index (χ0v) is 25.6. The minimum absolute atomic E-state index is 0. The number of ketones is 1. The molecule has 0 unspecified atom stereocenters. The van der Waals surface area contributed by atoms with E-state index in [-0.39, 0.29) is 31.6 Å². The first kappa shape index (κ1) is 29.2. The van der Waals surface area contributed by atoms with Gasteiger partial charge >= 0.3 is 0 Å². The molecule has 4 aromatic carbocycles. The number of rotatable bonds is 2. The van der Waals surface area contributed by atoms with Crippen LogP contribution in [-0.2, 0) is 24.9 Å². The van der Waals surface area contributed by atoms with E-state index in [1.165, 1.54) is 69.5 Å². The molecule has 1 aromatic heterocycles. The first-order valence-corrected chi connectivity index (χ1v) is 12.4. The first-order valence-electron chi connectivity index (χ1n) is 12.4. The SMILES string of the molecule is CC(=O)/C=C(/C)O.Cc1[c-]c2c3ncc(-c4c(C)cccc4C)nc3c3cc(C)cc(C)c3c2c(C)c1.[Ir]. The minimum Gasteiger partial charge on any atom is -0.512 e. The summed E-state index contributed by atoms with van der Waals surface area (Å²) in [5.41, 5.74) is 11.4. The zero-order chi connectivity index (χ0) is 27.0. The molecular weight excluding hydrogens is 649 g/mol. The summed E-state index contributed by atoms with van der Waals surface area (Å²) in [5, 5.41) is 13.1. The Hall–Kier alpha value is -3.40. The normalized spacial score (nSPS) is 11.3. The zero-order valence-electron chi connectivity index (χ0n) is 23.2. The van der Waals surface area contributed by atoms with Crippen LogP contribution >= 0.6 is 0 Å². The van der Waals surface area contributed by atoms with Crippen molar-refractivity contribution in [3.63, 3.8) is 0 Å². The summed E-state index contributed by atoms with van der Waals surface area (Å²) in [6.07, 6.45) is 3.09. The Balaban J connectivity index is 0.000000444. The molecular formula is C33H33IrN2O2-. The number of fused-ring (bicyclic) bond motifs is 6. The van der Waals surface area contributed by atoms with Crippen molar-refractivity contribution < 1.29 is 30.0 Å². The van der Waals surface area contributed by atoms with Gasteiger partial charge in [-0.05, 0) is 63.4 Å². The third-order valence-electron chi connectivity index (χ3n) is 6.54. The molecule has 5 aromatic rings. The molecule has 0 spiro atoms. The Morgan fingerprint density at radius 2 is 1.50 bits per heavy atom. The summed E-state index contributed by atoms with van der Waals surface area (Å²) in [6, 6.07) is 16.7. The van der Waals surface area contributed by atoms with Crippen molar-refractivity contribution in [1.82, 2.24) is 9.97 Å². The number of hydrogen-bond donors (Lipinski definition) is 1. The van der Waals surface area contributed by atoms with Gasteiger partial charge in [-0.25, -0.2) is 0 Å². The van der Waals surface area contributed by atoms with Crippen molar-refractivity contribution in [2.45, 2.75) is 55.4 Å². The summed E-state index contributed by atoms with van der Waals surface area (Å²) < 4.78 is 0. The van der Waals surface area contributed by atoms with Crippen LogP contribution in [0.25, 0.3) is 43.8 Å². The second-order valence-electron chi connectivity index (χ2n) is 10.0. The van der Waals surface area contributed by atoms with E-state index >= 15 is 0 Å². The van der Waals surface area contributed by atoms with Crippen LogP contribution in [0.15, 0.2) is 54.4 Å². The molecule has 0 bridgehead atoms. The van der Waals surface area contributed by atoms with Crippen molar-refractivity contribution >= 4 is 38.4 Å². The van der Waals surface area contributed by atoms with Gasteiger partial charge in [0.15, 0.2) is 5.78 Å². The molecule has 0 atom stereocenters. The van der Waals surface area contributed by atoms with Crippen molar-refractivity contribution in [3.8, 4) is 11.3 Å². The van der Waals surface area contributed by atoms with E-state index in [1.807, 2.05) is 6.20 Å². The molecule has 1 heterocycles. The summed E-state index contributed by atoms with van der Waals surface area (Å²) in [7, 11) is 0. The summed E-state index contributed by atoms with van der Waals surface area (Å²) in [4.78, 5) is 20.2. The van der Waals surface area contributed by atoms with Gasteiger partial charge in [-0.3, -0.25) is 9.78 Å². The van der Waals surface area contributed by atoms with Crippen molar-refractivity contribution in [3.05, 3.63) is 93.9 Å². The van der Waals surface area contributed by atoms with Crippen LogP contribution in [0.2, 0.25) is 0 Å². The molecule has 0 amide bonds. The average Bonchev–Trinajstić information content (AvgIpc) is 2.78. The van der Waals surface area contributed by atoms with E-state index in [4.69, 9.17) is 15.1 Å². The van der Waals surface area contributed by atoms with Crippen molar-refractivity contribution in [2.24, 2.45) is 0 Å². The van der Waals surface area contributed by atoms with Crippen LogP contribution in [-0.4, -0.2) is 20.9 Å². The van der Waals surface area contributed by atoms with Crippen LogP contribution < -0.4 is 0 Å². The quantitative estimate of drug-likeness (QED) is 0.0882. The molecule has 5 heteroatoms. The van der Waals surface area contributed by atoms with E-state index < -0.39 is 0 Å². The van der Waals surface area contributed by atoms with E-state index in [0.717, 1.165) is 27.7 Å². The standard InChI is InChI=1S/C28H25N2.C5H8O2.Ir/c1-15-10-19(5)25-21(12-15)27-28(22-13-16(2)11-20(6)26(22)25)30-23(14-29-27)24-17(3)8-7-9-18(24)4;1-4(6)3-5(2)7;/h7-11,13-14H,1-6H3;3,6H,1-2H3;/q-1;;/b;4-3-;. The molecule has 38 heavy (non-hydrogen) atoms. The van der Waals surface area contributed by atoms with Crippen LogP contribution in [0.4, 0.5) is 0 Å². The summed E-state index contributed by atoms with van der Waals surface area (Å²) in [5.74, 6) is -0.0625. The number of aromatic nitrogens is 2. The fourth-order valence-corrected chi connectivity index (χ4v) is 5.27. The topological polar surface area (TPSA) is 63.1 Å². The number of aryl methyl sites for hydroxylation is 6. The maximum atomic E-state index is 10.0. The second kappa shape index (κ2) is 11.6. The third-order valence-corrected chi connectivity index (χ3v) is 6.54. The van der Waals surface area contributed by atoms with E-state index in [0.29, 0.717) is 0 Å². The van der Waals surface area contributed by atoms with Gasteiger partial charge in [0.25, 0.3) is 0 Å². The Morgan fingerprint density at radius 3 is 2.08 bits per heavy atom. The fourth-order valence-electron chi connectivity index (χ4n) is 5.27. The predicted molar refractivity (Wildman–Crippen MR) is 154 cm³/mol. The van der Waals surface area contributed by atoms with Crippen LogP contribution in [0.3, 0.4) is 0 Å². The van der Waals surface area contributed by atoms with E-state index in [9.17, 15) is 4.79 Å². The number of allylic oxidation sites excluding steroid dienone is 2. The molecule has 5 rings (SSSR count). The molecule has 197 valence electrons. The van der Waals surface area contributed by atoms with Crippen LogP contribution in [0, 0.1) is 47.6 Å². The molecule has 0 fully saturated rings. The molecule has 1 radical (unpaired) electrons. The van der Waals surface area contributed by atoms with Gasteiger partial charge in [-0.1, -0.05) is 60.7 Å². The monoisotopic (exact) mass is 682 g/mol. The maximum Gasteiger partial charge on any atom is 0.155 e. The Morgan fingerprint density at radius 1 is 0.868 bits per heavy atom. The number of nitrogens with zero attached hydrogens (tertiary/aromatic N) is 2. The van der Waals surface area contributed by atoms with Gasteiger partial charge < -0.3 is 10.1 Å². The minimum atomic E-state index is -0.125. The number of aliphatic hydroxyl groups is 1. The van der Waals surface area contributed by atoms with Crippen molar-refractivity contribution in [2.75, 3.05) is 0 Å². The van der Waals surface area contributed by atoms with Gasteiger partial charge in [-0.15, -0.1) is 28.6 Å². The molecule has 0 aliphatic heterocycles. The van der Waals surface area contributed by atoms with Gasteiger partial charge in [0, 0.05) is 43.5 Å². The van der Waals surface area contributed by atoms with E-state index in [1.54, 1.807) is 0 Å². The number of carbonyl (C=O) groups excluding carboxylic acids is 1. The van der Waals surface area contributed by atoms with Gasteiger partial charge in [0.05, 0.1) is 17.0 Å². The summed E-state index contributed by atoms with van der Waals surface area (Å²) >= 11 is 0. The smallest absolute Gasteiger partial charge is 0.155 e. The van der Waals surface area contributed by atoms with Gasteiger partial charge in [-0.2, -0.15) is 0 Å². The molecule has 0 aliphatic carbocycles. The Kier molecular flexibility index (Phi) is 8.86. The van der Waals surface area contributed by atoms with Crippen LogP contribution in [0.5, 0.6) is 0 Å². The molecule has 1 N–H and O–H groups in total. The maximum absolute atomic E-state index is 10.0. The average molecular weight is 682 g/mol. The van der Waals surface area contributed by atoms with Crippen molar-refractivity contribution in [1.29, 1.82) is 0 Å². The van der Waals surface area contributed by atoms with E-state index in [2.05, 4.69) is 84.0 Å². The molecule has 0 saturated carbocycles. The summed E-state index contributed by atoms with van der Waals surface area (Å²) in [6.45, 7) is 15.8. The van der Waals surface area contributed by atoms with Gasteiger partial charge in [0.2, 0.25) is 0 Å². The number of benzene rings is 4. The first-order chi connectivity index (χ1) is 17.5. The molecule has 0 saturated heterocycles. The number of carbonyl (C=O) groups is 1. The predicted octanol–water partition coefficient (Wildman–Crippen LogP) is 8.29. The third kappa shape index (κ3) is 5.70.